The molecule has 4 heteroatoms. The van der Waals surface area contributed by atoms with Crippen LogP contribution < -0.4 is 5.32 Å². The molecule has 2 aliphatic heterocycles. The summed E-state index contributed by atoms with van der Waals surface area (Å²) in [7, 11) is 0. The Kier molecular flexibility index (Phi) is 4.23. The standard InChI is InChI=1S/C16H21NO3/c18-16(15-10-19-11-20-15)14-9-8-13(17-14)7-6-12-4-2-1-3-5-12/h1-5,10,13-14,16-18H,6-9,11H2. The Morgan fingerprint density at radius 1 is 1.25 bits per heavy atom. The normalized spacial score (nSPS) is 26.8. The third kappa shape index (κ3) is 3.14. The average molecular weight is 275 g/mol. The molecule has 4 nitrogen and oxygen atoms in total. The molecule has 3 atom stereocenters. The summed E-state index contributed by atoms with van der Waals surface area (Å²) >= 11 is 0. The van der Waals surface area contributed by atoms with Crippen LogP contribution in [0.15, 0.2) is 42.4 Å². The van der Waals surface area contributed by atoms with E-state index in [1.165, 1.54) is 11.8 Å². The van der Waals surface area contributed by atoms with Crippen molar-refractivity contribution >= 4 is 0 Å². The molecule has 3 unspecified atom stereocenters. The van der Waals surface area contributed by atoms with Crippen molar-refractivity contribution in [2.45, 2.75) is 43.9 Å². The lowest BCUT2D eigenvalue weighted by Crippen LogP contribution is -2.39. The fourth-order valence-corrected chi connectivity index (χ4v) is 2.92. The molecule has 0 radical (unpaired) electrons. The van der Waals surface area contributed by atoms with Gasteiger partial charge >= 0.3 is 0 Å². The minimum atomic E-state index is -0.598. The zero-order chi connectivity index (χ0) is 13.8. The molecule has 108 valence electrons. The van der Waals surface area contributed by atoms with Crippen LogP contribution in [0.25, 0.3) is 0 Å². The quantitative estimate of drug-likeness (QED) is 0.862. The lowest BCUT2D eigenvalue weighted by molar-refractivity contribution is 0.0411. The number of benzene rings is 1. The highest BCUT2D eigenvalue weighted by Gasteiger charge is 2.32. The number of aryl methyl sites for hydroxylation is 1. The van der Waals surface area contributed by atoms with Crippen molar-refractivity contribution in [1.82, 2.24) is 5.32 Å². The molecule has 3 rings (SSSR count). The van der Waals surface area contributed by atoms with Gasteiger partial charge in [0.15, 0.2) is 5.76 Å². The maximum absolute atomic E-state index is 10.2. The number of nitrogens with one attached hydrogen (secondary N) is 1. The SMILES string of the molecule is OC(C1=COCO1)C1CCC(CCc2ccccc2)N1. The Bertz CT molecular complexity index is 460. The van der Waals surface area contributed by atoms with E-state index in [-0.39, 0.29) is 12.8 Å². The van der Waals surface area contributed by atoms with Gasteiger partial charge in [-0.25, -0.2) is 0 Å². The summed E-state index contributed by atoms with van der Waals surface area (Å²) in [4.78, 5) is 0. The van der Waals surface area contributed by atoms with E-state index in [4.69, 9.17) is 9.47 Å². The number of hydrogen-bond donors (Lipinski definition) is 2. The lowest BCUT2D eigenvalue weighted by atomic mass is 10.0. The first-order valence-electron chi connectivity index (χ1n) is 7.25. The van der Waals surface area contributed by atoms with Crippen LogP contribution in [-0.4, -0.2) is 30.1 Å². The van der Waals surface area contributed by atoms with Gasteiger partial charge in [-0.1, -0.05) is 30.3 Å². The topological polar surface area (TPSA) is 50.7 Å². The van der Waals surface area contributed by atoms with Crippen LogP contribution in [0.4, 0.5) is 0 Å². The second kappa shape index (κ2) is 6.29. The number of aliphatic hydroxyl groups is 1. The van der Waals surface area contributed by atoms with E-state index >= 15 is 0 Å². The van der Waals surface area contributed by atoms with E-state index in [1.807, 2.05) is 6.07 Å². The average Bonchev–Trinajstić information content (AvgIpc) is 3.17. The Balaban J connectivity index is 1.47. The molecule has 0 bridgehead atoms. The van der Waals surface area contributed by atoms with Crippen LogP contribution in [0.1, 0.15) is 24.8 Å². The van der Waals surface area contributed by atoms with Crippen LogP contribution in [0.3, 0.4) is 0 Å². The minimum absolute atomic E-state index is 0.0729. The number of rotatable bonds is 5. The number of hydrogen-bond acceptors (Lipinski definition) is 4. The molecule has 1 fully saturated rings. The fraction of sp³-hybridized carbons (Fsp3) is 0.500. The van der Waals surface area contributed by atoms with Crippen molar-refractivity contribution in [3.05, 3.63) is 47.9 Å². The summed E-state index contributed by atoms with van der Waals surface area (Å²) in [5, 5.41) is 13.7. The monoisotopic (exact) mass is 275 g/mol. The zero-order valence-electron chi connectivity index (χ0n) is 11.5. The summed E-state index contributed by atoms with van der Waals surface area (Å²) in [5.41, 5.74) is 1.37. The molecule has 0 saturated carbocycles. The lowest BCUT2D eigenvalue weighted by Gasteiger charge is -2.19. The summed E-state index contributed by atoms with van der Waals surface area (Å²) in [6.07, 6.45) is 5.17. The van der Waals surface area contributed by atoms with Gasteiger partial charge in [-0.3, -0.25) is 0 Å². The summed E-state index contributed by atoms with van der Waals surface area (Å²) in [5.74, 6) is 0.547. The zero-order valence-corrected chi connectivity index (χ0v) is 11.5. The van der Waals surface area contributed by atoms with Gasteiger partial charge in [0, 0.05) is 12.1 Å². The van der Waals surface area contributed by atoms with Crippen LogP contribution in [0.5, 0.6) is 0 Å². The molecule has 1 aromatic carbocycles. The third-order valence-corrected chi connectivity index (χ3v) is 4.07. The third-order valence-electron chi connectivity index (χ3n) is 4.07. The predicted octanol–water partition coefficient (Wildman–Crippen LogP) is 1.95. The number of ether oxygens (including phenoxy) is 2. The number of aliphatic hydroxyl groups excluding tert-OH is 1. The Morgan fingerprint density at radius 3 is 2.85 bits per heavy atom. The van der Waals surface area contributed by atoms with Gasteiger partial charge in [0.2, 0.25) is 6.79 Å². The predicted molar refractivity (Wildman–Crippen MR) is 75.8 cm³/mol. The van der Waals surface area contributed by atoms with Gasteiger partial charge in [-0.15, -0.1) is 0 Å². The van der Waals surface area contributed by atoms with E-state index in [9.17, 15) is 5.11 Å². The Labute approximate surface area is 119 Å². The highest BCUT2D eigenvalue weighted by atomic mass is 16.7. The van der Waals surface area contributed by atoms with Crippen molar-refractivity contribution in [3.8, 4) is 0 Å². The van der Waals surface area contributed by atoms with Crippen molar-refractivity contribution in [2.75, 3.05) is 6.79 Å². The highest BCUT2D eigenvalue weighted by Crippen LogP contribution is 2.24. The molecule has 0 aliphatic carbocycles. The fourth-order valence-electron chi connectivity index (χ4n) is 2.92. The van der Waals surface area contributed by atoms with Gasteiger partial charge < -0.3 is 19.9 Å². The molecule has 20 heavy (non-hydrogen) atoms. The summed E-state index contributed by atoms with van der Waals surface area (Å²) < 4.78 is 10.2. The van der Waals surface area contributed by atoms with Crippen molar-refractivity contribution in [1.29, 1.82) is 0 Å². The molecule has 2 N–H and O–H groups in total. The smallest absolute Gasteiger partial charge is 0.230 e. The maximum atomic E-state index is 10.2. The Morgan fingerprint density at radius 2 is 2.10 bits per heavy atom. The molecule has 2 aliphatic rings. The Hall–Kier alpha value is -1.52. The van der Waals surface area contributed by atoms with E-state index in [1.54, 1.807) is 0 Å². The first kappa shape index (κ1) is 13.5. The van der Waals surface area contributed by atoms with E-state index in [0.29, 0.717) is 11.8 Å². The maximum Gasteiger partial charge on any atom is 0.230 e. The largest absolute Gasteiger partial charge is 0.462 e. The molecular weight excluding hydrogens is 254 g/mol. The first-order valence-corrected chi connectivity index (χ1v) is 7.25. The van der Waals surface area contributed by atoms with Crippen molar-refractivity contribution < 1.29 is 14.6 Å². The molecule has 1 aromatic rings. The van der Waals surface area contributed by atoms with Gasteiger partial charge in [0.05, 0.1) is 0 Å². The van der Waals surface area contributed by atoms with Crippen molar-refractivity contribution in [3.63, 3.8) is 0 Å². The van der Waals surface area contributed by atoms with E-state index in [0.717, 1.165) is 25.7 Å². The summed E-state index contributed by atoms with van der Waals surface area (Å²) in [6, 6.07) is 11.1. The van der Waals surface area contributed by atoms with Gasteiger partial charge in [-0.05, 0) is 31.2 Å². The highest BCUT2D eigenvalue weighted by molar-refractivity contribution is 5.15. The molecule has 0 spiro atoms. The first-order chi connectivity index (χ1) is 9.83. The van der Waals surface area contributed by atoms with Crippen LogP contribution >= 0.6 is 0 Å². The van der Waals surface area contributed by atoms with Gasteiger partial charge in [0.1, 0.15) is 12.4 Å². The molecule has 0 amide bonds. The van der Waals surface area contributed by atoms with Crippen molar-refractivity contribution in [2.24, 2.45) is 0 Å². The van der Waals surface area contributed by atoms with E-state index in [2.05, 4.69) is 29.6 Å². The van der Waals surface area contributed by atoms with Crippen LogP contribution in [0, 0.1) is 0 Å². The van der Waals surface area contributed by atoms with Crippen LogP contribution in [-0.2, 0) is 15.9 Å². The second-order valence-electron chi connectivity index (χ2n) is 5.47. The second-order valence-corrected chi connectivity index (χ2v) is 5.47. The van der Waals surface area contributed by atoms with E-state index < -0.39 is 6.10 Å². The summed E-state index contributed by atoms with van der Waals surface area (Å²) in [6.45, 7) is 0.219. The van der Waals surface area contributed by atoms with Gasteiger partial charge in [-0.2, -0.15) is 0 Å². The van der Waals surface area contributed by atoms with Gasteiger partial charge in [0.25, 0.3) is 0 Å². The molecule has 0 aromatic heterocycles. The minimum Gasteiger partial charge on any atom is -0.462 e. The van der Waals surface area contributed by atoms with Crippen LogP contribution in [0.2, 0.25) is 0 Å². The molecule has 2 heterocycles. The molecule has 1 saturated heterocycles. The molecular formula is C16H21NO3.